The molecule has 2 heterocycles. The highest BCUT2D eigenvalue weighted by molar-refractivity contribution is 5.75. The van der Waals surface area contributed by atoms with Crippen molar-refractivity contribution in [1.82, 2.24) is 19.9 Å². The molecule has 0 atom stereocenters. The summed E-state index contributed by atoms with van der Waals surface area (Å²) in [4.78, 5) is 15.9. The third kappa shape index (κ3) is 2.69. The van der Waals surface area contributed by atoms with Gasteiger partial charge in [0.15, 0.2) is 11.3 Å². The van der Waals surface area contributed by atoms with E-state index in [4.69, 9.17) is 15.9 Å². The van der Waals surface area contributed by atoms with Gasteiger partial charge in [0, 0.05) is 18.5 Å². The Kier molecular flexibility index (Phi) is 3.88. The lowest BCUT2D eigenvalue weighted by Crippen LogP contribution is -1.98. The van der Waals surface area contributed by atoms with Crippen molar-refractivity contribution >= 4 is 11.3 Å². The van der Waals surface area contributed by atoms with Gasteiger partial charge in [0.1, 0.15) is 23.9 Å². The van der Waals surface area contributed by atoms with E-state index in [-0.39, 0.29) is 6.61 Å². The number of rotatable bonds is 5. The number of benzene rings is 1. The molecule has 0 saturated heterocycles. The van der Waals surface area contributed by atoms with Gasteiger partial charge in [0.25, 0.3) is 0 Å². The van der Waals surface area contributed by atoms with Crippen molar-refractivity contribution in [1.29, 1.82) is 0 Å². The predicted octanol–water partition coefficient (Wildman–Crippen LogP) is 2.43. The van der Waals surface area contributed by atoms with Gasteiger partial charge in [0.05, 0.1) is 12.2 Å². The number of H-pyrrole nitrogens is 1. The molecule has 6 heteroatoms. The number of terminal acetylenes is 1. The van der Waals surface area contributed by atoms with E-state index in [1.165, 1.54) is 0 Å². The molecule has 0 radical (unpaired) electrons. The number of nitrogens with one attached hydrogen (secondary N) is 1. The van der Waals surface area contributed by atoms with E-state index < -0.39 is 0 Å². The minimum Gasteiger partial charge on any atom is -0.493 e. The minimum atomic E-state index is 0.212. The van der Waals surface area contributed by atoms with Gasteiger partial charge in [-0.15, -0.1) is 6.42 Å². The Balaban J connectivity index is 2.02. The monoisotopic (exact) mass is 294 g/mol. The van der Waals surface area contributed by atoms with Crippen LogP contribution in [0.4, 0.5) is 0 Å². The largest absolute Gasteiger partial charge is 0.493 e. The molecule has 0 aliphatic carbocycles. The maximum Gasteiger partial charge on any atom is 0.197 e. The summed E-state index contributed by atoms with van der Waals surface area (Å²) in [7, 11) is 0. The molecular weight excluding hydrogens is 280 g/mol. The molecule has 1 aromatic carbocycles. The Labute approximate surface area is 127 Å². The van der Waals surface area contributed by atoms with Crippen LogP contribution >= 0.6 is 0 Å². The summed E-state index contributed by atoms with van der Waals surface area (Å²) in [6.07, 6.45) is 8.42. The van der Waals surface area contributed by atoms with Crippen molar-refractivity contribution in [2.75, 3.05) is 13.2 Å². The second kappa shape index (κ2) is 6.14. The molecule has 0 fully saturated rings. The molecule has 2 aromatic heterocycles. The molecule has 0 aliphatic rings. The second-order valence-corrected chi connectivity index (χ2v) is 4.40. The zero-order valence-corrected chi connectivity index (χ0v) is 12.0. The van der Waals surface area contributed by atoms with E-state index in [1.807, 2.05) is 19.1 Å². The van der Waals surface area contributed by atoms with Gasteiger partial charge in [-0.2, -0.15) is 0 Å². The summed E-state index contributed by atoms with van der Waals surface area (Å²) in [5.74, 6) is 4.39. The zero-order valence-electron chi connectivity index (χ0n) is 12.0. The number of fused-ring (bicyclic) bond motifs is 1. The van der Waals surface area contributed by atoms with E-state index in [9.17, 15) is 0 Å². The lowest BCUT2D eigenvalue weighted by atomic mass is 10.2. The molecule has 3 aromatic rings. The lowest BCUT2D eigenvalue weighted by Gasteiger charge is -2.10. The standard InChI is InChI=1S/C16H14N4O2/c1-3-9-22-11-5-6-12(13(10-11)21-4-2)14-19-15-16(20-14)18-8-7-17-15/h1,5-8,10H,4,9H2,2H3,(H,17,18,19,20). The molecule has 0 saturated carbocycles. The van der Waals surface area contributed by atoms with Crippen LogP contribution in [-0.2, 0) is 0 Å². The van der Waals surface area contributed by atoms with Crippen LogP contribution in [0.1, 0.15) is 6.92 Å². The third-order valence-corrected chi connectivity index (χ3v) is 2.96. The van der Waals surface area contributed by atoms with Crippen molar-refractivity contribution in [3.63, 3.8) is 0 Å². The first-order chi connectivity index (χ1) is 10.8. The first kappa shape index (κ1) is 13.9. The number of ether oxygens (including phenoxy) is 2. The molecule has 3 rings (SSSR count). The van der Waals surface area contributed by atoms with Gasteiger partial charge in [-0.05, 0) is 19.1 Å². The summed E-state index contributed by atoms with van der Waals surface area (Å²) in [5, 5.41) is 0. The third-order valence-electron chi connectivity index (χ3n) is 2.96. The highest BCUT2D eigenvalue weighted by Gasteiger charge is 2.13. The predicted molar refractivity (Wildman–Crippen MR) is 82.6 cm³/mol. The maximum atomic E-state index is 5.68. The summed E-state index contributed by atoms with van der Waals surface area (Å²) in [6.45, 7) is 2.66. The summed E-state index contributed by atoms with van der Waals surface area (Å²) in [5.41, 5.74) is 2.01. The van der Waals surface area contributed by atoms with Gasteiger partial charge >= 0.3 is 0 Å². The molecule has 6 nitrogen and oxygen atoms in total. The van der Waals surface area contributed by atoms with Gasteiger partial charge in [-0.1, -0.05) is 5.92 Å². The fourth-order valence-corrected chi connectivity index (χ4v) is 2.06. The fraction of sp³-hybridized carbons (Fsp3) is 0.188. The Morgan fingerprint density at radius 1 is 1.23 bits per heavy atom. The SMILES string of the molecule is C#CCOc1ccc(-c2nc3nccnc3[nH]2)c(OCC)c1. The average molecular weight is 294 g/mol. The van der Waals surface area contributed by atoms with Crippen LogP contribution in [-0.4, -0.2) is 33.1 Å². The molecule has 1 N–H and O–H groups in total. The molecule has 0 amide bonds. The normalized spacial score (nSPS) is 10.4. The highest BCUT2D eigenvalue weighted by Crippen LogP contribution is 2.32. The highest BCUT2D eigenvalue weighted by atomic mass is 16.5. The number of hydrogen-bond donors (Lipinski definition) is 1. The van der Waals surface area contributed by atoms with Gasteiger partial charge in [0.2, 0.25) is 0 Å². The first-order valence-corrected chi connectivity index (χ1v) is 6.82. The van der Waals surface area contributed by atoms with Crippen LogP contribution in [0.15, 0.2) is 30.6 Å². The Bertz CT molecular complexity index is 803. The van der Waals surface area contributed by atoms with Crippen LogP contribution < -0.4 is 9.47 Å². The van der Waals surface area contributed by atoms with E-state index in [1.54, 1.807) is 18.5 Å². The quantitative estimate of drug-likeness (QED) is 0.732. The van der Waals surface area contributed by atoms with Crippen molar-refractivity contribution in [3.05, 3.63) is 30.6 Å². The van der Waals surface area contributed by atoms with Crippen LogP contribution in [0.3, 0.4) is 0 Å². The van der Waals surface area contributed by atoms with Gasteiger partial charge < -0.3 is 14.5 Å². The Hall–Kier alpha value is -3.07. The topological polar surface area (TPSA) is 72.9 Å². The van der Waals surface area contributed by atoms with Gasteiger partial charge in [-0.25, -0.2) is 15.0 Å². The number of imidazole rings is 1. The second-order valence-electron chi connectivity index (χ2n) is 4.40. The molecule has 110 valence electrons. The molecule has 0 spiro atoms. The average Bonchev–Trinajstić information content (AvgIpc) is 2.97. The van der Waals surface area contributed by atoms with Crippen molar-refractivity contribution in [2.45, 2.75) is 6.92 Å². The minimum absolute atomic E-state index is 0.212. The van der Waals surface area contributed by atoms with E-state index in [0.29, 0.717) is 35.2 Å². The molecule has 0 unspecified atom stereocenters. The van der Waals surface area contributed by atoms with E-state index >= 15 is 0 Å². The van der Waals surface area contributed by atoms with Gasteiger partial charge in [-0.3, -0.25) is 0 Å². The summed E-state index contributed by atoms with van der Waals surface area (Å²) < 4.78 is 11.1. The smallest absolute Gasteiger partial charge is 0.197 e. The van der Waals surface area contributed by atoms with Crippen molar-refractivity contribution < 1.29 is 9.47 Å². The van der Waals surface area contributed by atoms with Crippen molar-refractivity contribution in [3.8, 4) is 35.2 Å². The first-order valence-electron chi connectivity index (χ1n) is 6.82. The van der Waals surface area contributed by atoms with Crippen molar-refractivity contribution in [2.24, 2.45) is 0 Å². The maximum absolute atomic E-state index is 5.68. The summed E-state index contributed by atoms with van der Waals surface area (Å²) in [6, 6.07) is 5.49. The number of nitrogens with zero attached hydrogens (tertiary/aromatic N) is 3. The van der Waals surface area contributed by atoms with E-state index in [2.05, 4.69) is 25.9 Å². The molecule has 0 aliphatic heterocycles. The molecular formula is C16H14N4O2. The number of aromatic amines is 1. The summed E-state index contributed by atoms with van der Waals surface area (Å²) >= 11 is 0. The van der Waals surface area contributed by atoms with Crippen LogP contribution in [0.2, 0.25) is 0 Å². The Morgan fingerprint density at radius 3 is 2.86 bits per heavy atom. The Morgan fingerprint density at radius 2 is 2.09 bits per heavy atom. The molecule has 22 heavy (non-hydrogen) atoms. The number of aromatic nitrogens is 4. The molecule has 0 bridgehead atoms. The fourth-order valence-electron chi connectivity index (χ4n) is 2.06. The lowest BCUT2D eigenvalue weighted by molar-refractivity contribution is 0.333. The van der Waals surface area contributed by atoms with Crippen LogP contribution in [0, 0.1) is 12.3 Å². The van der Waals surface area contributed by atoms with Crippen LogP contribution in [0.5, 0.6) is 11.5 Å². The van der Waals surface area contributed by atoms with Crippen LogP contribution in [0.25, 0.3) is 22.7 Å². The number of hydrogen-bond acceptors (Lipinski definition) is 5. The zero-order chi connectivity index (χ0) is 15.4. The van der Waals surface area contributed by atoms with E-state index in [0.717, 1.165) is 5.56 Å².